The van der Waals surface area contributed by atoms with Crippen LogP contribution in [0.15, 0.2) is 30.3 Å². The van der Waals surface area contributed by atoms with Crippen LogP contribution < -0.4 is 5.11 Å². The molecule has 1 rings (SSSR count). The van der Waals surface area contributed by atoms with Gasteiger partial charge in [0.1, 0.15) is 12.5 Å². The zero-order valence-corrected chi connectivity index (χ0v) is 14.6. The van der Waals surface area contributed by atoms with Gasteiger partial charge in [0.15, 0.2) is 0 Å². The molecular weight excluding hydrogens is 311 g/mol. The first kappa shape index (κ1) is 18.5. The molecule has 2 atom stereocenters. The van der Waals surface area contributed by atoms with E-state index in [0.717, 1.165) is 0 Å². The molecule has 0 aromatic heterocycles. The molecule has 1 aromatic rings. The second kappa shape index (κ2) is 7.65. The van der Waals surface area contributed by atoms with Gasteiger partial charge in [-0.3, -0.25) is 4.57 Å². The lowest BCUT2D eigenvalue weighted by atomic mass is 10.1. The second-order valence-electron chi connectivity index (χ2n) is 4.91. The Hall–Kier alpha value is -0.520. The van der Waals surface area contributed by atoms with Crippen LogP contribution in [0, 0.1) is 0 Å². The van der Waals surface area contributed by atoms with Crippen LogP contribution in [0.25, 0.3) is 0 Å². The third kappa shape index (κ3) is 4.73. The highest BCUT2D eigenvalue weighted by atomic mass is 32.2. The van der Waals surface area contributed by atoms with Crippen molar-refractivity contribution in [1.29, 1.82) is 0 Å². The van der Waals surface area contributed by atoms with Gasteiger partial charge in [-0.1, -0.05) is 35.9 Å². The third-order valence-corrected chi connectivity index (χ3v) is 8.74. The first-order valence-corrected chi connectivity index (χ1v) is 10.8. The van der Waals surface area contributed by atoms with Gasteiger partial charge in [0.05, 0.1) is 23.1 Å². The Bertz CT molecular complexity index is 517. The molecule has 2 unspecified atom stereocenters. The van der Waals surface area contributed by atoms with E-state index < -0.39 is 28.6 Å². The standard InChI is InChI=1S/C14H23O5PS/c1-5-18-20(16,19-6-2)14(21(3,4)17)13(15)12-10-8-7-9-11-12/h7-11,13-14H,5-6H2,1-4H3. The molecule has 7 heteroatoms. The van der Waals surface area contributed by atoms with Crippen molar-refractivity contribution in [2.45, 2.75) is 24.9 Å². The van der Waals surface area contributed by atoms with Crippen molar-refractivity contribution < 1.29 is 22.9 Å². The second-order valence-corrected chi connectivity index (χ2v) is 10.5. The zero-order chi connectivity index (χ0) is 16.1. The quantitative estimate of drug-likeness (QED) is 0.539. The Kier molecular flexibility index (Phi) is 6.75. The fourth-order valence-corrected chi connectivity index (χ4v) is 7.32. The summed E-state index contributed by atoms with van der Waals surface area (Å²) in [5, 5.41) is 12.8. The Morgan fingerprint density at radius 1 is 1.14 bits per heavy atom. The molecule has 0 bridgehead atoms. The molecule has 0 fully saturated rings. The van der Waals surface area contributed by atoms with Gasteiger partial charge in [-0.2, -0.15) is 0 Å². The van der Waals surface area contributed by atoms with Gasteiger partial charge in [-0.05, 0) is 20.0 Å². The maximum absolute atomic E-state index is 13.0. The van der Waals surface area contributed by atoms with Gasteiger partial charge < -0.3 is 14.2 Å². The summed E-state index contributed by atoms with van der Waals surface area (Å²) < 4.78 is 36.0. The first-order chi connectivity index (χ1) is 9.76. The molecule has 0 saturated carbocycles. The Morgan fingerprint density at radius 2 is 1.62 bits per heavy atom. The van der Waals surface area contributed by atoms with Gasteiger partial charge in [-0.15, -0.1) is 4.21 Å². The molecular formula is C14H23O5PS. The van der Waals surface area contributed by atoms with E-state index in [1.807, 2.05) is 0 Å². The van der Waals surface area contributed by atoms with Crippen LogP contribution in [0.1, 0.15) is 25.5 Å². The summed E-state index contributed by atoms with van der Waals surface area (Å²) in [5.41, 5.74) is 0.429. The minimum atomic E-state index is -3.76. The average Bonchev–Trinajstić information content (AvgIpc) is 2.38. The molecule has 1 aromatic carbocycles. The fourth-order valence-electron chi connectivity index (χ4n) is 2.13. The summed E-state index contributed by atoms with van der Waals surface area (Å²) in [6, 6.07) is 8.49. The van der Waals surface area contributed by atoms with Gasteiger partial charge in [0.25, 0.3) is 0 Å². The SMILES string of the molecule is CCOP(=O)(OCC)C(C([O-])c1ccccc1)[S+](C)(C)=O. The van der Waals surface area contributed by atoms with E-state index in [-0.39, 0.29) is 13.2 Å². The molecule has 5 nitrogen and oxygen atoms in total. The molecule has 0 aliphatic carbocycles. The summed E-state index contributed by atoms with van der Waals surface area (Å²) in [5.74, 6) is 0. The summed E-state index contributed by atoms with van der Waals surface area (Å²) in [6.45, 7) is 3.59. The van der Waals surface area contributed by atoms with Gasteiger partial charge >= 0.3 is 7.60 Å². The average molecular weight is 334 g/mol. The van der Waals surface area contributed by atoms with Gasteiger partial charge in [0, 0.05) is 0 Å². The number of benzene rings is 1. The minimum Gasteiger partial charge on any atom is -0.844 e. The van der Waals surface area contributed by atoms with Crippen molar-refractivity contribution in [3.8, 4) is 0 Å². The van der Waals surface area contributed by atoms with Crippen LogP contribution in [0.5, 0.6) is 0 Å². The molecule has 0 saturated heterocycles. The van der Waals surface area contributed by atoms with Gasteiger partial charge in [0.2, 0.25) is 4.99 Å². The van der Waals surface area contributed by atoms with Crippen LogP contribution in [0.4, 0.5) is 0 Å². The fraction of sp³-hybridized carbons (Fsp3) is 0.571. The number of hydrogen-bond acceptors (Lipinski definition) is 5. The Balaban J connectivity index is 3.29. The van der Waals surface area contributed by atoms with Crippen molar-refractivity contribution >= 4 is 17.5 Å². The van der Waals surface area contributed by atoms with Crippen LogP contribution in [-0.4, -0.2) is 30.7 Å². The van der Waals surface area contributed by atoms with E-state index in [1.165, 1.54) is 12.5 Å². The molecule has 0 spiro atoms. The van der Waals surface area contributed by atoms with E-state index in [1.54, 1.807) is 44.2 Å². The third-order valence-electron chi connectivity index (χ3n) is 2.90. The summed E-state index contributed by atoms with van der Waals surface area (Å²) >= 11 is 0. The molecule has 120 valence electrons. The molecule has 0 aliphatic heterocycles. The molecule has 0 aliphatic rings. The lowest BCUT2D eigenvalue weighted by Crippen LogP contribution is -2.39. The molecule has 0 heterocycles. The number of rotatable bonds is 8. The summed E-state index contributed by atoms with van der Waals surface area (Å²) in [7, 11) is -6.45. The van der Waals surface area contributed by atoms with Crippen molar-refractivity contribution in [1.82, 2.24) is 0 Å². The van der Waals surface area contributed by atoms with Crippen molar-refractivity contribution in [3.05, 3.63) is 35.9 Å². The van der Waals surface area contributed by atoms with Crippen LogP contribution in [0.2, 0.25) is 0 Å². The van der Waals surface area contributed by atoms with E-state index in [9.17, 15) is 13.9 Å². The lowest BCUT2D eigenvalue weighted by molar-refractivity contribution is -0.422. The first-order valence-electron chi connectivity index (χ1n) is 6.78. The van der Waals surface area contributed by atoms with E-state index >= 15 is 0 Å². The number of hydrogen-bond donors (Lipinski definition) is 0. The van der Waals surface area contributed by atoms with Crippen LogP contribution in [0.3, 0.4) is 0 Å². The maximum atomic E-state index is 13.0. The predicted octanol–water partition coefficient (Wildman–Crippen LogP) is 2.44. The van der Waals surface area contributed by atoms with Gasteiger partial charge in [-0.25, -0.2) is 0 Å². The van der Waals surface area contributed by atoms with E-state index in [2.05, 4.69) is 0 Å². The molecule has 21 heavy (non-hydrogen) atoms. The maximum Gasteiger partial charge on any atom is 0.381 e. The van der Waals surface area contributed by atoms with Crippen molar-refractivity contribution in [2.75, 3.05) is 25.7 Å². The Labute approximate surface area is 127 Å². The highest BCUT2D eigenvalue weighted by Crippen LogP contribution is 2.59. The van der Waals surface area contributed by atoms with Crippen LogP contribution >= 0.6 is 7.60 Å². The van der Waals surface area contributed by atoms with Crippen molar-refractivity contribution in [2.24, 2.45) is 0 Å². The monoisotopic (exact) mass is 334 g/mol. The largest absolute Gasteiger partial charge is 0.844 e. The Morgan fingerprint density at radius 3 is 2.00 bits per heavy atom. The van der Waals surface area contributed by atoms with E-state index in [0.29, 0.717) is 5.56 Å². The predicted molar refractivity (Wildman–Crippen MR) is 83.7 cm³/mol. The summed E-state index contributed by atoms with van der Waals surface area (Å²) in [6.07, 6.45) is 1.42. The lowest BCUT2D eigenvalue weighted by Gasteiger charge is -2.34. The normalized spacial score (nSPS) is 15.7. The summed E-state index contributed by atoms with van der Waals surface area (Å²) in [4.78, 5) is -1.22. The van der Waals surface area contributed by atoms with E-state index in [4.69, 9.17) is 9.05 Å². The topological polar surface area (TPSA) is 75.7 Å². The molecule has 0 amide bonds. The highest BCUT2D eigenvalue weighted by Gasteiger charge is 2.49. The molecule has 0 radical (unpaired) electrons. The van der Waals surface area contributed by atoms with Crippen LogP contribution in [-0.2, 0) is 27.8 Å². The zero-order valence-electron chi connectivity index (χ0n) is 12.9. The molecule has 0 N–H and O–H groups in total. The van der Waals surface area contributed by atoms with Crippen molar-refractivity contribution in [3.63, 3.8) is 0 Å². The highest BCUT2D eigenvalue weighted by molar-refractivity contribution is 8.07. The minimum absolute atomic E-state index is 0.130. The smallest absolute Gasteiger partial charge is 0.381 e.